The van der Waals surface area contributed by atoms with Crippen molar-refractivity contribution >= 4 is 34.2 Å². The van der Waals surface area contributed by atoms with E-state index in [1.165, 1.54) is 6.07 Å². The molecule has 0 aliphatic carbocycles. The van der Waals surface area contributed by atoms with Gasteiger partial charge in [-0.25, -0.2) is 0 Å². The minimum Gasteiger partial charge on any atom is -0.497 e. The molecule has 1 amide bonds. The molecule has 4 rings (SSSR count). The fourth-order valence-electron chi connectivity index (χ4n) is 3.00. The van der Waals surface area contributed by atoms with E-state index in [9.17, 15) is 9.59 Å². The molecule has 1 heterocycles. The summed E-state index contributed by atoms with van der Waals surface area (Å²) in [5, 5.41) is 3.66. The lowest BCUT2D eigenvalue weighted by molar-refractivity contribution is -0.118. The van der Waals surface area contributed by atoms with Crippen LogP contribution in [0.25, 0.3) is 22.3 Å². The predicted octanol–water partition coefficient (Wildman–Crippen LogP) is 5.14. The van der Waals surface area contributed by atoms with Crippen molar-refractivity contribution < 1.29 is 18.7 Å². The van der Waals surface area contributed by atoms with E-state index in [0.29, 0.717) is 38.9 Å². The largest absolute Gasteiger partial charge is 0.497 e. The van der Waals surface area contributed by atoms with Gasteiger partial charge in [-0.3, -0.25) is 9.59 Å². The van der Waals surface area contributed by atoms with Crippen molar-refractivity contribution in [3.8, 4) is 22.8 Å². The third-order valence-electron chi connectivity index (χ3n) is 4.57. The molecule has 0 atom stereocenters. The number of amides is 1. The van der Waals surface area contributed by atoms with E-state index in [4.69, 9.17) is 25.5 Å². The summed E-state index contributed by atoms with van der Waals surface area (Å²) in [7, 11) is 1.59. The number of hydrogen-bond donors (Lipinski definition) is 1. The first-order valence-corrected chi connectivity index (χ1v) is 9.80. The van der Waals surface area contributed by atoms with Crippen LogP contribution in [0.1, 0.15) is 0 Å². The van der Waals surface area contributed by atoms with E-state index in [2.05, 4.69) is 5.32 Å². The molecule has 0 aliphatic heterocycles. The van der Waals surface area contributed by atoms with Crippen molar-refractivity contribution in [2.45, 2.75) is 0 Å². The molecule has 1 N–H and O–H groups in total. The molecule has 4 aromatic rings. The molecular formula is C24H18ClNO5. The van der Waals surface area contributed by atoms with Gasteiger partial charge in [-0.1, -0.05) is 11.6 Å². The van der Waals surface area contributed by atoms with E-state index < -0.39 is 0 Å². The van der Waals surface area contributed by atoms with Crippen LogP contribution in [0, 0.1) is 0 Å². The molecular weight excluding hydrogens is 418 g/mol. The minimum atomic E-state index is -0.329. The lowest BCUT2D eigenvalue weighted by atomic mass is 10.1. The maximum absolute atomic E-state index is 12.6. The van der Waals surface area contributed by atoms with E-state index in [1.54, 1.807) is 61.7 Å². The summed E-state index contributed by atoms with van der Waals surface area (Å²) in [6.45, 7) is -0.205. The quantitative estimate of drug-likeness (QED) is 0.453. The minimum absolute atomic E-state index is 0.205. The zero-order valence-corrected chi connectivity index (χ0v) is 17.3. The Hall–Kier alpha value is -3.77. The Bertz CT molecular complexity index is 1280. The first kappa shape index (κ1) is 20.5. The highest BCUT2D eigenvalue weighted by atomic mass is 35.5. The van der Waals surface area contributed by atoms with Gasteiger partial charge < -0.3 is 19.2 Å². The monoisotopic (exact) mass is 435 g/mol. The van der Waals surface area contributed by atoms with E-state index >= 15 is 0 Å². The van der Waals surface area contributed by atoms with Crippen molar-refractivity contribution in [3.05, 3.63) is 88.0 Å². The van der Waals surface area contributed by atoms with Crippen LogP contribution in [0.5, 0.6) is 11.5 Å². The maximum atomic E-state index is 12.6. The predicted molar refractivity (Wildman–Crippen MR) is 120 cm³/mol. The second-order valence-electron chi connectivity index (χ2n) is 6.71. The normalized spacial score (nSPS) is 10.6. The van der Waals surface area contributed by atoms with Crippen molar-refractivity contribution in [2.75, 3.05) is 19.0 Å². The topological polar surface area (TPSA) is 77.8 Å². The van der Waals surface area contributed by atoms with Gasteiger partial charge in [0.15, 0.2) is 12.0 Å². The van der Waals surface area contributed by atoms with Crippen LogP contribution in [0.15, 0.2) is 82.0 Å². The van der Waals surface area contributed by atoms with E-state index in [0.717, 1.165) is 5.56 Å². The summed E-state index contributed by atoms with van der Waals surface area (Å²) in [4.78, 5) is 24.7. The third kappa shape index (κ3) is 4.87. The number of carbonyl (C=O) groups is 1. The molecule has 6 nitrogen and oxygen atoms in total. The summed E-state index contributed by atoms with van der Waals surface area (Å²) < 4.78 is 16.6. The Morgan fingerprint density at radius 1 is 0.968 bits per heavy atom. The highest BCUT2D eigenvalue weighted by Gasteiger charge is 2.10. The highest BCUT2D eigenvalue weighted by Crippen LogP contribution is 2.26. The maximum Gasteiger partial charge on any atom is 0.262 e. The average molecular weight is 436 g/mol. The van der Waals surface area contributed by atoms with Crippen LogP contribution in [-0.4, -0.2) is 19.6 Å². The fourth-order valence-corrected chi connectivity index (χ4v) is 3.13. The molecule has 7 heteroatoms. The molecule has 0 aliphatic rings. The van der Waals surface area contributed by atoms with Gasteiger partial charge in [0.2, 0.25) is 0 Å². The Kier molecular flexibility index (Phi) is 5.91. The SMILES string of the molecule is COc1ccc(-c2cc(=O)c3cc(OCC(=O)Nc4ccc(Cl)cc4)ccc3o2)cc1. The van der Waals surface area contributed by atoms with Gasteiger partial charge in [-0.05, 0) is 66.7 Å². The zero-order chi connectivity index (χ0) is 21.8. The number of rotatable bonds is 6. The third-order valence-corrected chi connectivity index (χ3v) is 4.82. The van der Waals surface area contributed by atoms with Crippen LogP contribution >= 0.6 is 11.6 Å². The number of benzene rings is 3. The molecule has 0 fully saturated rings. The molecule has 31 heavy (non-hydrogen) atoms. The van der Waals surface area contributed by atoms with Crippen molar-refractivity contribution in [1.29, 1.82) is 0 Å². The number of anilines is 1. The second kappa shape index (κ2) is 8.93. The van der Waals surface area contributed by atoms with Crippen molar-refractivity contribution in [2.24, 2.45) is 0 Å². The van der Waals surface area contributed by atoms with Gasteiger partial charge in [0.05, 0.1) is 12.5 Å². The van der Waals surface area contributed by atoms with Gasteiger partial charge in [-0.15, -0.1) is 0 Å². The molecule has 0 saturated heterocycles. The number of nitrogens with one attached hydrogen (secondary N) is 1. The lowest BCUT2D eigenvalue weighted by Crippen LogP contribution is -2.20. The van der Waals surface area contributed by atoms with Gasteiger partial charge >= 0.3 is 0 Å². The molecule has 0 saturated carbocycles. The second-order valence-corrected chi connectivity index (χ2v) is 7.14. The standard InChI is InChI=1S/C24H18ClNO5/c1-29-18-8-2-15(3-9-18)23-13-21(27)20-12-19(10-11-22(20)31-23)30-14-24(28)26-17-6-4-16(25)5-7-17/h2-13H,14H2,1H3,(H,26,28). The number of ether oxygens (including phenoxy) is 2. The number of halogens is 1. The molecule has 0 spiro atoms. The van der Waals surface area contributed by atoms with Crippen LogP contribution < -0.4 is 20.2 Å². The first-order chi connectivity index (χ1) is 15.0. The smallest absolute Gasteiger partial charge is 0.262 e. The number of fused-ring (bicyclic) bond motifs is 1. The zero-order valence-electron chi connectivity index (χ0n) is 16.6. The molecule has 1 aromatic heterocycles. The van der Waals surface area contributed by atoms with Crippen molar-refractivity contribution in [3.63, 3.8) is 0 Å². The van der Waals surface area contributed by atoms with Gasteiger partial charge in [0.25, 0.3) is 5.91 Å². The number of carbonyl (C=O) groups excluding carboxylic acids is 1. The fraction of sp³-hybridized carbons (Fsp3) is 0.0833. The van der Waals surface area contributed by atoms with Crippen LogP contribution in [0.4, 0.5) is 5.69 Å². The summed E-state index contributed by atoms with van der Waals surface area (Å²) >= 11 is 5.83. The van der Waals surface area contributed by atoms with Crippen LogP contribution in [-0.2, 0) is 4.79 Å². The Morgan fingerprint density at radius 2 is 1.68 bits per heavy atom. The van der Waals surface area contributed by atoms with E-state index in [-0.39, 0.29) is 17.9 Å². The molecule has 0 bridgehead atoms. The lowest BCUT2D eigenvalue weighted by Gasteiger charge is -2.09. The Labute approximate surface area is 183 Å². The van der Waals surface area contributed by atoms with Crippen LogP contribution in [0.3, 0.4) is 0 Å². The highest BCUT2D eigenvalue weighted by molar-refractivity contribution is 6.30. The Balaban J connectivity index is 1.48. The summed E-state index contributed by atoms with van der Waals surface area (Å²) in [5.41, 5.74) is 1.60. The first-order valence-electron chi connectivity index (χ1n) is 9.42. The number of methoxy groups -OCH3 is 1. The molecule has 156 valence electrons. The number of hydrogen-bond acceptors (Lipinski definition) is 5. The van der Waals surface area contributed by atoms with Gasteiger partial charge in [0.1, 0.15) is 22.8 Å². The summed E-state index contributed by atoms with van der Waals surface area (Å²) in [6.07, 6.45) is 0. The summed E-state index contributed by atoms with van der Waals surface area (Å²) in [6, 6.07) is 20.3. The average Bonchev–Trinajstić information content (AvgIpc) is 2.79. The summed E-state index contributed by atoms with van der Waals surface area (Å²) in [5.74, 6) is 1.23. The van der Waals surface area contributed by atoms with Gasteiger partial charge in [0, 0.05) is 22.3 Å². The van der Waals surface area contributed by atoms with Gasteiger partial charge in [-0.2, -0.15) is 0 Å². The van der Waals surface area contributed by atoms with Crippen molar-refractivity contribution in [1.82, 2.24) is 0 Å². The van der Waals surface area contributed by atoms with Crippen LogP contribution in [0.2, 0.25) is 5.02 Å². The Morgan fingerprint density at radius 3 is 2.39 bits per heavy atom. The molecule has 3 aromatic carbocycles. The molecule has 0 radical (unpaired) electrons. The van der Waals surface area contributed by atoms with E-state index in [1.807, 2.05) is 12.1 Å². The molecule has 0 unspecified atom stereocenters.